The first kappa shape index (κ1) is 25.1. The van der Waals surface area contributed by atoms with Gasteiger partial charge in [-0.1, -0.05) is 42.0 Å². The second-order valence-electron chi connectivity index (χ2n) is 8.12. The first-order valence-corrected chi connectivity index (χ1v) is 11.2. The standard InChI is InChI=1S/C27H32N2O5/c1-19-12-13-24-21(15-19)22(18-32-2)23(28-24)11-8-14-29(17-20-9-6-5-7-10-20)25(27(31)34-4)16-26(30)33-3/h5-7,9-10,12-13,15-16,28H,8,11,14,17-18H2,1-4H3/b25-16+. The second kappa shape index (κ2) is 12.0. The van der Waals surface area contributed by atoms with Crippen molar-refractivity contribution in [2.75, 3.05) is 27.9 Å². The molecule has 1 aromatic heterocycles. The number of rotatable bonds is 11. The fraction of sp³-hybridized carbons (Fsp3) is 0.333. The van der Waals surface area contributed by atoms with Crippen LogP contribution in [0.4, 0.5) is 0 Å². The highest BCUT2D eigenvalue weighted by molar-refractivity contribution is 5.95. The Kier molecular flexibility index (Phi) is 8.87. The van der Waals surface area contributed by atoms with E-state index in [0.29, 0.717) is 19.7 Å². The number of nitrogens with zero attached hydrogens (tertiary/aromatic N) is 1. The number of aryl methyl sites for hydroxylation is 2. The number of aromatic amines is 1. The highest BCUT2D eigenvalue weighted by Gasteiger charge is 2.21. The lowest BCUT2D eigenvalue weighted by Gasteiger charge is -2.26. The zero-order valence-electron chi connectivity index (χ0n) is 20.2. The number of hydrogen-bond donors (Lipinski definition) is 1. The summed E-state index contributed by atoms with van der Waals surface area (Å²) < 4.78 is 15.2. The summed E-state index contributed by atoms with van der Waals surface area (Å²) >= 11 is 0. The molecular weight excluding hydrogens is 432 g/mol. The average Bonchev–Trinajstić information content (AvgIpc) is 3.18. The van der Waals surface area contributed by atoms with E-state index in [1.807, 2.05) is 35.2 Å². The summed E-state index contributed by atoms with van der Waals surface area (Å²) in [6.07, 6.45) is 2.69. The molecule has 7 heteroatoms. The molecule has 2 aromatic carbocycles. The maximum absolute atomic E-state index is 12.6. The number of carbonyl (C=O) groups excluding carboxylic acids is 2. The molecule has 180 valence electrons. The fourth-order valence-corrected chi connectivity index (χ4v) is 4.03. The van der Waals surface area contributed by atoms with E-state index in [0.717, 1.165) is 35.2 Å². The van der Waals surface area contributed by atoms with Crippen molar-refractivity contribution in [1.29, 1.82) is 0 Å². The third-order valence-electron chi connectivity index (χ3n) is 5.70. The number of ether oxygens (including phenoxy) is 3. The van der Waals surface area contributed by atoms with E-state index in [1.165, 1.54) is 31.2 Å². The molecule has 0 spiro atoms. The van der Waals surface area contributed by atoms with Crippen molar-refractivity contribution in [2.24, 2.45) is 0 Å². The third-order valence-corrected chi connectivity index (χ3v) is 5.70. The number of fused-ring (bicyclic) bond motifs is 1. The van der Waals surface area contributed by atoms with Gasteiger partial charge in [0.25, 0.3) is 0 Å². The molecule has 0 atom stereocenters. The fourth-order valence-electron chi connectivity index (χ4n) is 4.03. The van der Waals surface area contributed by atoms with Gasteiger partial charge >= 0.3 is 11.9 Å². The SMILES string of the molecule is COCc1c(CCCN(Cc2ccccc2)/C(=C/C(=O)OC)C(=O)OC)[nH]c2ccc(C)cc12. The second-order valence-corrected chi connectivity index (χ2v) is 8.12. The summed E-state index contributed by atoms with van der Waals surface area (Å²) in [4.78, 5) is 29.9. The predicted molar refractivity (Wildman–Crippen MR) is 131 cm³/mol. The molecular formula is C27H32N2O5. The monoisotopic (exact) mass is 464 g/mol. The first-order chi connectivity index (χ1) is 16.5. The van der Waals surface area contributed by atoms with Crippen LogP contribution in [0, 0.1) is 6.92 Å². The number of hydrogen-bond acceptors (Lipinski definition) is 6. The minimum atomic E-state index is -0.605. The van der Waals surface area contributed by atoms with Crippen molar-refractivity contribution in [3.8, 4) is 0 Å². The van der Waals surface area contributed by atoms with Gasteiger partial charge < -0.3 is 24.1 Å². The summed E-state index contributed by atoms with van der Waals surface area (Å²) in [5.74, 6) is -1.19. The van der Waals surface area contributed by atoms with Gasteiger partial charge in [0.1, 0.15) is 5.70 Å². The average molecular weight is 465 g/mol. The van der Waals surface area contributed by atoms with Gasteiger partial charge in [-0.25, -0.2) is 9.59 Å². The third kappa shape index (κ3) is 6.26. The highest BCUT2D eigenvalue weighted by atomic mass is 16.5. The first-order valence-electron chi connectivity index (χ1n) is 11.2. The quantitative estimate of drug-likeness (QED) is 0.337. The minimum absolute atomic E-state index is 0.169. The van der Waals surface area contributed by atoms with Gasteiger partial charge in [0.05, 0.1) is 26.9 Å². The van der Waals surface area contributed by atoms with Crippen LogP contribution >= 0.6 is 0 Å². The predicted octanol–water partition coefficient (Wildman–Crippen LogP) is 4.29. The van der Waals surface area contributed by atoms with Crippen molar-refractivity contribution in [3.05, 3.63) is 82.7 Å². The van der Waals surface area contributed by atoms with Crippen LogP contribution in [0.2, 0.25) is 0 Å². The Balaban J connectivity index is 1.85. The molecule has 7 nitrogen and oxygen atoms in total. The van der Waals surface area contributed by atoms with E-state index < -0.39 is 11.9 Å². The number of H-pyrrole nitrogens is 1. The summed E-state index contributed by atoms with van der Waals surface area (Å²) in [6, 6.07) is 16.1. The number of nitrogens with one attached hydrogen (secondary N) is 1. The van der Waals surface area contributed by atoms with Gasteiger partial charge in [-0.05, 0) is 37.5 Å². The van der Waals surface area contributed by atoms with Crippen LogP contribution in [0.3, 0.4) is 0 Å². The van der Waals surface area contributed by atoms with Crippen molar-refractivity contribution < 1.29 is 23.8 Å². The Morgan fingerprint density at radius 3 is 2.47 bits per heavy atom. The Morgan fingerprint density at radius 2 is 1.79 bits per heavy atom. The molecule has 0 unspecified atom stereocenters. The van der Waals surface area contributed by atoms with Crippen LogP contribution < -0.4 is 0 Å². The lowest BCUT2D eigenvalue weighted by Crippen LogP contribution is -2.30. The highest BCUT2D eigenvalue weighted by Crippen LogP contribution is 2.26. The Bertz CT molecular complexity index is 1150. The summed E-state index contributed by atoms with van der Waals surface area (Å²) in [5.41, 5.74) is 5.72. The van der Waals surface area contributed by atoms with Crippen LogP contribution in [0.25, 0.3) is 10.9 Å². The molecule has 3 aromatic rings. The normalized spacial score (nSPS) is 11.5. The van der Waals surface area contributed by atoms with E-state index in [9.17, 15) is 9.59 Å². The Hall–Kier alpha value is -3.58. The van der Waals surface area contributed by atoms with Crippen molar-refractivity contribution >= 4 is 22.8 Å². The summed E-state index contributed by atoms with van der Waals surface area (Å²) in [6.45, 7) is 3.58. The largest absolute Gasteiger partial charge is 0.466 e. The maximum Gasteiger partial charge on any atom is 0.354 e. The number of esters is 2. The lowest BCUT2D eigenvalue weighted by molar-refractivity contribution is -0.140. The van der Waals surface area contributed by atoms with Crippen LogP contribution in [0.5, 0.6) is 0 Å². The molecule has 0 aliphatic carbocycles. The van der Waals surface area contributed by atoms with Crippen LogP contribution in [-0.4, -0.2) is 49.7 Å². The topological polar surface area (TPSA) is 80.9 Å². The van der Waals surface area contributed by atoms with Crippen LogP contribution in [0.15, 0.2) is 60.3 Å². The number of methoxy groups -OCH3 is 3. The van der Waals surface area contributed by atoms with E-state index in [2.05, 4.69) is 30.1 Å². The molecule has 0 saturated heterocycles. The Labute approximate surface area is 200 Å². The van der Waals surface area contributed by atoms with Crippen molar-refractivity contribution in [1.82, 2.24) is 9.88 Å². The molecule has 0 radical (unpaired) electrons. The smallest absolute Gasteiger partial charge is 0.354 e. The van der Waals surface area contributed by atoms with Gasteiger partial charge in [0, 0.05) is 42.4 Å². The molecule has 3 rings (SSSR count). The molecule has 0 amide bonds. The van der Waals surface area contributed by atoms with Crippen LogP contribution in [-0.2, 0) is 43.4 Å². The van der Waals surface area contributed by atoms with Crippen molar-refractivity contribution in [3.63, 3.8) is 0 Å². The summed E-state index contributed by atoms with van der Waals surface area (Å²) in [5, 5.41) is 1.17. The number of benzene rings is 2. The molecule has 0 bridgehead atoms. The molecule has 0 saturated carbocycles. The van der Waals surface area contributed by atoms with E-state index in [4.69, 9.17) is 14.2 Å². The Morgan fingerprint density at radius 1 is 1.03 bits per heavy atom. The van der Waals surface area contributed by atoms with E-state index in [1.54, 1.807) is 7.11 Å². The molecule has 0 fully saturated rings. The number of carbonyl (C=O) groups is 2. The number of aromatic nitrogens is 1. The van der Waals surface area contributed by atoms with Gasteiger partial charge in [0.15, 0.2) is 0 Å². The summed E-state index contributed by atoms with van der Waals surface area (Å²) in [7, 11) is 4.28. The molecule has 0 aliphatic heterocycles. The van der Waals surface area contributed by atoms with E-state index >= 15 is 0 Å². The maximum atomic E-state index is 12.6. The minimum Gasteiger partial charge on any atom is -0.466 e. The molecule has 0 aliphatic rings. The lowest BCUT2D eigenvalue weighted by atomic mass is 10.1. The van der Waals surface area contributed by atoms with Gasteiger partial charge in [-0.3, -0.25) is 0 Å². The molecule has 34 heavy (non-hydrogen) atoms. The zero-order chi connectivity index (χ0) is 24.5. The van der Waals surface area contributed by atoms with Gasteiger partial charge in [-0.15, -0.1) is 0 Å². The molecule has 1 N–H and O–H groups in total. The zero-order valence-corrected chi connectivity index (χ0v) is 20.2. The van der Waals surface area contributed by atoms with Crippen molar-refractivity contribution in [2.45, 2.75) is 32.9 Å². The van der Waals surface area contributed by atoms with Crippen LogP contribution in [0.1, 0.15) is 28.8 Å². The van der Waals surface area contributed by atoms with Gasteiger partial charge in [0.2, 0.25) is 0 Å². The van der Waals surface area contributed by atoms with Gasteiger partial charge in [-0.2, -0.15) is 0 Å². The van der Waals surface area contributed by atoms with E-state index in [-0.39, 0.29) is 5.70 Å². The molecule has 1 heterocycles.